The summed E-state index contributed by atoms with van der Waals surface area (Å²) < 4.78 is 56.0. The molecule has 0 aliphatic rings. The van der Waals surface area contributed by atoms with Crippen molar-refractivity contribution in [2.24, 2.45) is 7.05 Å². The fraction of sp³-hybridized carbons (Fsp3) is 0.286. The molecule has 0 bridgehead atoms. The first kappa shape index (κ1) is 25.0. The number of anilines is 1. The average Bonchev–Trinajstić information content (AvgIpc) is 3.48. The lowest BCUT2D eigenvalue weighted by molar-refractivity contribution is 0.166. The minimum absolute atomic E-state index is 0.200. The molecule has 4 aromatic rings. The Kier molecular flexibility index (Phi) is 6.85. The summed E-state index contributed by atoms with van der Waals surface area (Å²) in [6, 6.07) is 6.71. The van der Waals surface area contributed by atoms with Gasteiger partial charge in [-0.15, -0.1) is 10.2 Å². The standard InChI is InChI=1S/C21H23FN8O5S/c1-12(18(31)19-23-10-13(22)11-24-19)36(32,33)28-21-26-25-20(14-8-9-29(2)27-14)30(21)17-15(34-3)6-5-7-16(17)35-4/h5-12,18,31H,1-4H3,(H,26,28)/t12-,18-/m1/s1. The molecule has 3 heterocycles. The summed E-state index contributed by atoms with van der Waals surface area (Å²) >= 11 is 0. The van der Waals surface area contributed by atoms with Crippen LogP contribution < -0.4 is 14.2 Å². The van der Waals surface area contributed by atoms with Crippen LogP contribution in [0.15, 0.2) is 42.9 Å². The van der Waals surface area contributed by atoms with Gasteiger partial charge in [0.1, 0.15) is 34.2 Å². The molecule has 0 aliphatic carbocycles. The number of rotatable bonds is 9. The van der Waals surface area contributed by atoms with Gasteiger partial charge in [0.25, 0.3) is 0 Å². The van der Waals surface area contributed by atoms with Gasteiger partial charge in [-0.1, -0.05) is 6.07 Å². The van der Waals surface area contributed by atoms with Crippen LogP contribution in [0.3, 0.4) is 0 Å². The summed E-state index contributed by atoms with van der Waals surface area (Å²) in [5.41, 5.74) is 0.720. The molecule has 0 amide bonds. The van der Waals surface area contributed by atoms with Gasteiger partial charge in [0.2, 0.25) is 16.0 Å². The molecule has 2 N–H and O–H groups in total. The van der Waals surface area contributed by atoms with Crippen LogP contribution in [0.25, 0.3) is 17.2 Å². The first-order valence-corrected chi connectivity index (χ1v) is 12.0. The first-order chi connectivity index (χ1) is 17.2. The van der Waals surface area contributed by atoms with Crippen molar-refractivity contribution in [3.8, 4) is 28.7 Å². The molecule has 13 nitrogen and oxygen atoms in total. The summed E-state index contributed by atoms with van der Waals surface area (Å²) in [6.45, 7) is 1.25. The van der Waals surface area contributed by atoms with Crippen molar-refractivity contribution in [1.29, 1.82) is 0 Å². The summed E-state index contributed by atoms with van der Waals surface area (Å²) in [4.78, 5) is 7.34. The van der Waals surface area contributed by atoms with Crippen LogP contribution >= 0.6 is 0 Å². The van der Waals surface area contributed by atoms with Crippen molar-refractivity contribution in [3.05, 3.63) is 54.5 Å². The summed E-state index contributed by atoms with van der Waals surface area (Å²) in [5.74, 6) is -0.292. The maximum absolute atomic E-state index is 13.3. The van der Waals surface area contributed by atoms with Crippen molar-refractivity contribution in [2.45, 2.75) is 18.3 Å². The Morgan fingerprint density at radius 2 is 1.72 bits per heavy atom. The minimum Gasteiger partial charge on any atom is -0.494 e. The number of para-hydroxylation sites is 1. The molecule has 4 rings (SSSR count). The fourth-order valence-electron chi connectivity index (χ4n) is 3.39. The minimum atomic E-state index is -4.31. The van der Waals surface area contributed by atoms with Gasteiger partial charge in [-0.05, 0) is 25.1 Å². The number of ether oxygens (including phenoxy) is 2. The summed E-state index contributed by atoms with van der Waals surface area (Å²) in [7, 11) is 0.317. The van der Waals surface area contributed by atoms with Crippen LogP contribution in [0.4, 0.5) is 10.3 Å². The third kappa shape index (κ3) is 4.70. The Labute approximate surface area is 205 Å². The van der Waals surface area contributed by atoms with Crippen LogP contribution in [0.1, 0.15) is 18.9 Å². The third-order valence-corrected chi connectivity index (χ3v) is 7.01. The molecule has 0 saturated heterocycles. The molecular weight excluding hydrogens is 495 g/mol. The third-order valence-electron chi connectivity index (χ3n) is 5.30. The van der Waals surface area contributed by atoms with E-state index >= 15 is 0 Å². The number of aliphatic hydroxyl groups is 1. The second-order valence-electron chi connectivity index (χ2n) is 7.62. The predicted molar refractivity (Wildman–Crippen MR) is 126 cm³/mol. The SMILES string of the molecule is COc1cccc(OC)c1-n1c(NS(=O)(=O)[C@H](C)[C@@H](O)c2ncc(F)cn2)nnc1-c1ccn(C)n1. The van der Waals surface area contributed by atoms with E-state index in [0.717, 1.165) is 12.4 Å². The van der Waals surface area contributed by atoms with E-state index in [0.29, 0.717) is 22.9 Å². The number of benzene rings is 1. The molecular formula is C21H23FN8O5S. The van der Waals surface area contributed by atoms with E-state index in [1.54, 1.807) is 42.2 Å². The number of aromatic nitrogens is 7. The van der Waals surface area contributed by atoms with Gasteiger partial charge in [-0.25, -0.2) is 22.8 Å². The fourth-order valence-corrected chi connectivity index (χ4v) is 4.42. The Balaban J connectivity index is 1.81. The van der Waals surface area contributed by atoms with Gasteiger partial charge >= 0.3 is 0 Å². The van der Waals surface area contributed by atoms with E-state index in [9.17, 15) is 17.9 Å². The molecule has 1 aromatic carbocycles. The Hall–Kier alpha value is -4.11. The smallest absolute Gasteiger partial charge is 0.243 e. The van der Waals surface area contributed by atoms with Gasteiger partial charge in [0.05, 0.1) is 26.6 Å². The van der Waals surface area contributed by atoms with E-state index in [-0.39, 0.29) is 17.6 Å². The zero-order chi connectivity index (χ0) is 26.0. The van der Waals surface area contributed by atoms with Crippen LogP contribution in [-0.4, -0.2) is 67.5 Å². The van der Waals surface area contributed by atoms with Crippen LogP contribution in [0.2, 0.25) is 0 Å². The maximum Gasteiger partial charge on any atom is 0.243 e. The van der Waals surface area contributed by atoms with E-state index in [1.807, 2.05) is 0 Å². The normalized spacial score (nSPS) is 13.3. The second kappa shape index (κ2) is 9.87. The number of nitrogens with one attached hydrogen (secondary N) is 1. The lowest BCUT2D eigenvalue weighted by Gasteiger charge is -2.20. The lowest BCUT2D eigenvalue weighted by Crippen LogP contribution is -2.32. The molecule has 2 atom stereocenters. The molecule has 0 fully saturated rings. The van der Waals surface area contributed by atoms with Crippen molar-refractivity contribution in [2.75, 3.05) is 18.9 Å². The number of hydrogen-bond donors (Lipinski definition) is 2. The highest BCUT2D eigenvalue weighted by atomic mass is 32.2. The van der Waals surface area contributed by atoms with Crippen molar-refractivity contribution in [3.63, 3.8) is 0 Å². The molecule has 190 valence electrons. The van der Waals surface area contributed by atoms with Crippen molar-refractivity contribution >= 4 is 16.0 Å². The van der Waals surface area contributed by atoms with Crippen LogP contribution in [-0.2, 0) is 17.1 Å². The molecule has 36 heavy (non-hydrogen) atoms. The van der Waals surface area contributed by atoms with E-state index in [2.05, 4.69) is 30.0 Å². The Morgan fingerprint density at radius 3 is 2.28 bits per heavy atom. The molecule has 0 aliphatic heterocycles. The predicted octanol–water partition coefficient (Wildman–Crippen LogP) is 1.48. The number of aryl methyl sites for hydroxylation is 1. The maximum atomic E-state index is 13.3. The van der Waals surface area contributed by atoms with Crippen molar-refractivity contribution < 1.29 is 27.4 Å². The zero-order valence-corrected chi connectivity index (χ0v) is 20.5. The van der Waals surface area contributed by atoms with Crippen molar-refractivity contribution in [1.82, 2.24) is 34.5 Å². The van der Waals surface area contributed by atoms with E-state index < -0.39 is 27.2 Å². The highest BCUT2D eigenvalue weighted by molar-refractivity contribution is 7.93. The largest absolute Gasteiger partial charge is 0.494 e. The van der Waals surface area contributed by atoms with Gasteiger partial charge in [0, 0.05) is 13.2 Å². The van der Waals surface area contributed by atoms with Gasteiger partial charge in [0.15, 0.2) is 17.5 Å². The quantitative estimate of drug-likeness (QED) is 0.332. The molecule has 3 aromatic heterocycles. The van der Waals surface area contributed by atoms with Crippen LogP contribution in [0, 0.1) is 5.82 Å². The number of halogens is 1. The molecule has 0 spiro atoms. The lowest BCUT2D eigenvalue weighted by atomic mass is 10.2. The number of nitrogens with zero attached hydrogens (tertiary/aromatic N) is 7. The molecule has 0 saturated carbocycles. The average molecular weight is 519 g/mol. The van der Waals surface area contributed by atoms with Gasteiger partial charge in [-0.3, -0.25) is 14.0 Å². The zero-order valence-electron chi connectivity index (χ0n) is 19.7. The van der Waals surface area contributed by atoms with E-state index in [4.69, 9.17) is 9.47 Å². The number of methoxy groups -OCH3 is 2. The van der Waals surface area contributed by atoms with Gasteiger partial charge < -0.3 is 14.6 Å². The monoisotopic (exact) mass is 518 g/mol. The summed E-state index contributed by atoms with van der Waals surface area (Å²) in [5, 5.41) is 21.7. The molecule has 0 unspecified atom stereocenters. The van der Waals surface area contributed by atoms with Crippen LogP contribution in [0.5, 0.6) is 11.5 Å². The molecule has 15 heteroatoms. The number of aliphatic hydroxyl groups excluding tert-OH is 1. The van der Waals surface area contributed by atoms with Gasteiger partial charge in [-0.2, -0.15) is 5.10 Å². The number of sulfonamides is 1. The summed E-state index contributed by atoms with van der Waals surface area (Å²) in [6.07, 6.45) is 1.71. The first-order valence-electron chi connectivity index (χ1n) is 10.5. The molecule has 0 radical (unpaired) electrons. The Bertz CT molecular complexity index is 1450. The second-order valence-corrected chi connectivity index (χ2v) is 9.66. The Morgan fingerprint density at radius 1 is 1.08 bits per heavy atom. The highest BCUT2D eigenvalue weighted by Gasteiger charge is 2.34. The van der Waals surface area contributed by atoms with E-state index in [1.165, 1.54) is 25.7 Å². The highest BCUT2D eigenvalue weighted by Crippen LogP contribution is 2.37. The topological polar surface area (TPSA) is 159 Å². The number of hydrogen-bond acceptors (Lipinski definition) is 10.